The number of carbonyl (C=O) groups is 1. The first kappa shape index (κ1) is 21.2. The number of aromatic nitrogens is 3. The zero-order valence-corrected chi connectivity index (χ0v) is 20.0. The summed E-state index contributed by atoms with van der Waals surface area (Å²) < 4.78 is 0. The van der Waals surface area contributed by atoms with Gasteiger partial charge < -0.3 is 20.9 Å². The molecule has 4 atom stereocenters. The highest BCUT2D eigenvalue weighted by Crippen LogP contribution is 2.52. The molecule has 0 bridgehead atoms. The molecule has 4 heterocycles. The highest BCUT2D eigenvalue weighted by atomic mass is 32.2. The topological polar surface area (TPSA) is 100 Å². The number of fused-ring (bicyclic) bond motifs is 2. The number of pyridine rings is 1. The Morgan fingerprint density at radius 2 is 1.91 bits per heavy atom. The predicted octanol–water partition coefficient (Wildman–Crippen LogP) is 2.84. The van der Waals surface area contributed by atoms with E-state index in [1.54, 1.807) is 16.7 Å². The van der Waals surface area contributed by atoms with Gasteiger partial charge in [0.1, 0.15) is 5.82 Å². The molecule has 4 unspecified atom stereocenters. The van der Waals surface area contributed by atoms with Crippen LogP contribution in [0.5, 0.6) is 0 Å². The van der Waals surface area contributed by atoms with Crippen molar-refractivity contribution in [3.63, 3.8) is 0 Å². The number of thioether (sulfide) groups is 1. The number of carbonyl (C=O) groups excluding carboxylic acids is 1. The Morgan fingerprint density at radius 3 is 2.58 bits per heavy atom. The Kier molecular flexibility index (Phi) is 5.21. The molecule has 1 saturated heterocycles. The van der Waals surface area contributed by atoms with E-state index in [-0.39, 0.29) is 17.1 Å². The van der Waals surface area contributed by atoms with Gasteiger partial charge in [0.25, 0.3) is 0 Å². The summed E-state index contributed by atoms with van der Waals surface area (Å²) in [6.45, 7) is 2.06. The van der Waals surface area contributed by atoms with Crippen molar-refractivity contribution in [3.05, 3.63) is 30.2 Å². The average Bonchev–Trinajstić information content (AvgIpc) is 3.34. The van der Waals surface area contributed by atoms with Crippen LogP contribution in [0.4, 0.5) is 17.5 Å². The Hall–Kier alpha value is -2.39. The third kappa shape index (κ3) is 3.75. The molecule has 3 fully saturated rings. The van der Waals surface area contributed by atoms with E-state index in [9.17, 15) is 4.79 Å². The molecule has 2 aromatic rings. The van der Waals surface area contributed by atoms with Crippen LogP contribution in [-0.2, 0) is 4.79 Å². The summed E-state index contributed by atoms with van der Waals surface area (Å²) in [7, 11) is 3.68. The second kappa shape index (κ2) is 8.13. The van der Waals surface area contributed by atoms with Crippen molar-refractivity contribution in [1.29, 1.82) is 0 Å². The molecule has 8 nitrogen and oxygen atoms in total. The maximum absolute atomic E-state index is 13.0. The molecule has 0 radical (unpaired) electrons. The van der Waals surface area contributed by atoms with Crippen LogP contribution >= 0.6 is 11.8 Å². The lowest BCUT2D eigenvalue weighted by Gasteiger charge is -2.26. The number of hydrogen-bond donors (Lipinski definition) is 2. The van der Waals surface area contributed by atoms with Gasteiger partial charge >= 0.3 is 0 Å². The van der Waals surface area contributed by atoms with Crippen molar-refractivity contribution in [2.45, 2.75) is 47.8 Å². The summed E-state index contributed by atoms with van der Waals surface area (Å²) in [5.74, 6) is 3.39. The summed E-state index contributed by atoms with van der Waals surface area (Å²) >= 11 is 1.63. The minimum absolute atomic E-state index is 0.111. The van der Waals surface area contributed by atoms with E-state index >= 15 is 0 Å². The van der Waals surface area contributed by atoms with Gasteiger partial charge in [-0.2, -0.15) is 0 Å². The molecule has 2 aliphatic heterocycles. The molecule has 3 N–H and O–H groups in total. The van der Waals surface area contributed by atoms with Crippen molar-refractivity contribution in [2.75, 3.05) is 37.4 Å². The van der Waals surface area contributed by atoms with Crippen LogP contribution in [0.2, 0.25) is 0 Å². The minimum Gasteiger partial charge on any atom is -0.370 e. The number of anilines is 3. The first-order chi connectivity index (χ1) is 16.0. The predicted molar refractivity (Wildman–Crippen MR) is 130 cm³/mol. The molecule has 6 rings (SSSR count). The van der Waals surface area contributed by atoms with Crippen molar-refractivity contribution >= 4 is 35.1 Å². The zero-order chi connectivity index (χ0) is 22.7. The molecule has 4 aliphatic rings. The van der Waals surface area contributed by atoms with E-state index in [0.717, 1.165) is 35.2 Å². The lowest BCUT2D eigenvalue weighted by Crippen LogP contribution is -2.36. The molecular weight excluding hydrogens is 434 g/mol. The number of piperidine rings is 1. The molecule has 9 heteroatoms. The Labute approximate surface area is 198 Å². The van der Waals surface area contributed by atoms with Gasteiger partial charge in [-0.25, -0.2) is 15.0 Å². The number of nitrogens with zero attached hydrogens (tertiary/aromatic N) is 5. The lowest BCUT2D eigenvalue weighted by molar-refractivity contribution is -0.128. The van der Waals surface area contributed by atoms with E-state index in [0.29, 0.717) is 29.7 Å². The van der Waals surface area contributed by atoms with E-state index in [4.69, 9.17) is 10.7 Å². The van der Waals surface area contributed by atoms with Gasteiger partial charge in [0.2, 0.25) is 11.9 Å². The van der Waals surface area contributed by atoms with Crippen LogP contribution in [0, 0.1) is 17.8 Å². The van der Waals surface area contributed by atoms with E-state index < -0.39 is 0 Å². The van der Waals surface area contributed by atoms with Crippen LogP contribution in [0.1, 0.15) is 37.3 Å². The molecule has 2 aromatic heterocycles. The Morgan fingerprint density at radius 1 is 1.15 bits per heavy atom. The third-order valence-electron chi connectivity index (χ3n) is 7.88. The first-order valence-electron chi connectivity index (χ1n) is 12.0. The summed E-state index contributed by atoms with van der Waals surface area (Å²) in [4.78, 5) is 32.1. The number of amides is 1. The molecule has 33 heavy (non-hydrogen) atoms. The second-order valence-electron chi connectivity index (χ2n) is 10.1. The normalized spacial score (nSPS) is 30.3. The van der Waals surface area contributed by atoms with E-state index in [1.165, 1.54) is 25.7 Å². The number of nitrogens with one attached hydrogen (secondary N) is 1. The van der Waals surface area contributed by atoms with Crippen LogP contribution in [-0.4, -0.2) is 64.2 Å². The number of rotatable bonds is 5. The highest BCUT2D eigenvalue weighted by molar-refractivity contribution is 8.01. The van der Waals surface area contributed by atoms with Crippen LogP contribution in [0.3, 0.4) is 0 Å². The van der Waals surface area contributed by atoms with Crippen LogP contribution < -0.4 is 16.0 Å². The van der Waals surface area contributed by atoms with Gasteiger partial charge in [0.05, 0.1) is 22.8 Å². The lowest BCUT2D eigenvalue weighted by atomic mass is 9.85. The maximum Gasteiger partial charge on any atom is 0.236 e. The first-order valence-corrected chi connectivity index (χ1v) is 12.9. The standard InChI is InChI=1S/C24H31N7OS/c1-30(2)23(32)22-19(13-5-3-4-6-13)21-17(33-22)10-27-24(29-21)28-18-8-7-14(9-26-18)31-11-15-16(12-31)20(15)25/h7-10,13,15-16,19-20,22H,3-6,11-12,25H2,1-2H3,(H,26,27,28,29). The summed E-state index contributed by atoms with van der Waals surface area (Å²) in [6.07, 6.45) is 8.59. The summed E-state index contributed by atoms with van der Waals surface area (Å²) in [5.41, 5.74) is 8.22. The van der Waals surface area contributed by atoms with E-state index in [1.807, 2.05) is 32.6 Å². The van der Waals surface area contributed by atoms with E-state index in [2.05, 4.69) is 26.3 Å². The molecule has 2 saturated carbocycles. The van der Waals surface area contributed by atoms with Crippen molar-refractivity contribution in [2.24, 2.45) is 23.5 Å². The van der Waals surface area contributed by atoms with Gasteiger partial charge in [0.15, 0.2) is 0 Å². The monoisotopic (exact) mass is 465 g/mol. The third-order valence-corrected chi connectivity index (χ3v) is 9.20. The van der Waals surface area contributed by atoms with Crippen molar-refractivity contribution in [1.82, 2.24) is 19.9 Å². The van der Waals surface area contributed by atoms with Gasteiger partial charge in [-0.1, -0.05) is 12.8 Å². The molecule has 2 aliphatic carbocycles. The number of hydrogen-bond acceptors (Lipinski definition) is 8. The van der Waals surface area contributed by atoms with Crippen LogP contribution in [0.15, 0.2) is 29.4 Å². The zero-order valence-electron chi connectivity index (χ0n) is 19.1. The molecule has 0 spiro atoms. The van der Waals surface area contributed by atoms with Gasteiger partial charge in [-0.15, -0.1) is 11.8 Å². The fourth-order valence-electron chi connectivity index (χ4n) is 5.92. The summed E-state index contributed by atoms with van der Waals surface area (Å²) in [5, 5.41) is 3.17. The largest absolute Gasteiger partial charge is 0.370 e. The van der Waals surface area contributed by atoms with Crippen molar-refractivity contribution < 1.29 is 4.79 Å². The summed E-state index contributed by atoms with van der Waals surface area (Å²) in [6, 6.07) is 4.48. The average molecular weight is 466 g/mol. The Bertz CT molecular complexity index is 1040. The van der Waals surface area contributed by atoms with Crippen LogP contribution in [0.25, 0.3) is 0 Å². The number of nitrogens with two attached hydrogens (primary N) is 1. The fourth-order valence-corrected chi connectivity index (χ4v) is 7.42. The molecule has 0 aromatic carbocycles. The van der Waals surface area contributed by atoms with Gasteiger partial charge in [-0.05, 0) is 42.7 Å². The highest BCUT2D eigenvalue weighted by Gasteiger charge is 2.53. The Balaban J connectivity index is 1.20. The minimum atomic E-state index is -0.111. The maximum atomic E-state index is 13.0. The SMILES string of the molecule is CN(C)C(=O)C1Sc2cnc(Nc3ccc(N4CC5C(N)C5C4)cn3)nc2C1C1CCCC1. The van der Waals surface area contributed by atoms with Gasteiger partial charge in [0, 0.05) is 50.2 Å². The molecular formula is C24H31N7OS. The van der Waals surface area contributed by atoms with Gasteiger partial charge in [-0.3, -0.25) is 4.79 Å². The second-order valence-corrected chi connectivity index (χ2v) is 11.3. The smallest absolute Gasteiger partial charge is 0.236 e. The quantitative estimate of drug-likeness (QED) is 0.695. The molecule has 174 valence electrons. The van der Waals surface area contributed by atoms with Crippen molar-refractivity contribution in [3.8, 4) is 0 Å². The fraction of sp³-hybridized carbons (Fsp3) is 0.583. The molecule has 1 amide bonds.